The molecule has 3 aromatic carbocycles. The third-order valence-electron chi connectivity index (χ3n) is 6.03. The molecule has 0 aliphatic rings. The molecule has 0 fully saturated rings. The molecule has 38 heavy (non-hydrogen) atoms. The van der Waals surface area contributed by atoms with Crippen molar-refractivity contribution in [3.8, 4) is 0 Å². The highest BCUT2D eigenvalue weighted by atomic mass is 32.2. The number of halogens is 1. The fraction of sp³-hybridized carbons (Fsp3) is 0.310. The maximum atomic E-state index is 13.9. The van der Waals surface area contributed by atoms with E-state index in [9.17, 15) is 22.4 Å². The van der Waals surface area contributed by atoms with E-state index in [1.165, 1.54) is 17.0 Å². The standard InChI is InChI=1S/C29H34FN3O4S/c1-21(2)31-29(35)27(18-23-11-6-5-7-12-23)32(19-24-14-16-25(30)17-15-24)28(34)20-33(38(4,36)37)26-13-9-8-10-22(26)3/h5-17,21,27H,18-20H2,1-4H3,(H,31,35)/t27-/m1/s1. The largest absolute Gasteiger partial charge is 0.352 e. The molecule has 0 saturated heterocycles. The topological polar surface area (TPSA) is 86.8 Å². The number of benzene rings is 3. The van der Waals surface area contributed by atoms with E-state index in [2.05, 4.69) is 5.32 Å². The van der Waals surface area contributed by atoms with Crippen molar-refractivity contribution >= 4 is 27.5 Å². The number of para-hydroxylation sites is 1. The highest BCUT2D eigenvalue weighted by molar-refractivity contribution is 7.92. The number of rotatable bonds is 11. The summed E-state index contributed by atoms with van der Waals surface area (Å²) in [7, 11) is -3.84. The molecule has 3 rings (SSSR count). The molecule has 0 radical (unpaired) electrons. The second-order valence-electron chi connectivity index (χ2n) is 9.57. The summed E-state index contributed by atoms with van der Waals surface area (Å²) in [5.41, 5.74) is 2.52. The van der Waals surface area contributed by atoms with Gasteiger partial charge < -0.3 is 10.2 Å². The fourth-order valence-electron chi connectivity index (χ4n) is 4.16. The number of carbonyl (C=O) groups is 2. The molecule has 0 heterocycles. The van der Waals surface area contributed by atoms with Crippen LogP contribution in [0, 0.1) is 12.7 Å². The van der Waals surface area contributed by atoms with Gasteiger partial charge in [-0.15, -0.1) is 0 Å². The Bertz CT molecular complexity index is 1350. The highest BCUT2D eigenvalue weighted by Gasteiger charge is 2.33. The van der Waals surface area contributed by atoms with Gasteiger partial charge in [-0.05, 0) is 55.7 Å². The van der Waals surface area contributed by atoms with Crippen LogP contribution >= 0.6 is 0 Å². The molecule has 0 bridgehead atoms. The first-order valence-corrected chi connectivity index (χ1v) is 14.2. The van der Waals surface area contributed by atoms with Crippen molar-refractivity contribution in [1.29, 1.82) is 0 Å². The van der Waals surface area contributed by atoms with Crippen molar-refractivity contribution in [3.63, 3.8) is 0 Å². The van der Waals surface area contributed by atoms with Crippen LogP contribution in [0.25, 0.3) is 0 Å². The van der Waals surface area contributed by atoms with Crippen molar-refractivity contribution < 1.29 is 22.4 Å². The summed E-state index contributed by atoms with van der Waals surface area (Å²) in [6, 6.07) is 20.7. The number of amides is 2. The number of aryl methyl sites for hydroxylation is 1. The van der Waals surface area contributed by atoms with E-state index in [1.54, 1.807) is 43.3 Å². The van der Waals surface area contributed by atoms with Crippen LogP contribution in [0.1, 0.15) is 30.5 Å². The normalized spacial score (nSPS) is 12.2. The second kappa shape index (κ2) is 12.7. The number of nitrogens with one attached hydrogen (secondary N) is 1. The van der Waals surface area contributed by atoms with Gasteiger partial charge in [0.25, 0.3) is 0 Å². The average molecular weight is 540 g/mol. The van der Waals surface area contributed by atoms with Crippen molar-refractivity contribution in [3.05, 3.63) is 101 Å². The molecule has 0 spiro atoms. The zero-order valence-electron chi connectivity index (χ0n) is 22.1. The molecule has 0 aliphatic carbocycles. The number of hydrogen-bond donors (Lipinski definition) is 1. The summed E-state index contributed by atoms with van der Waals surface area (Å²) in [6.45, 7) is 4.92. The van der Waals surface area contributed by atoms with Gasteiger partial charge in [-0.2, -0.15) is 0 Å². The summed E-state index contributed by atoms with van der Waals surface area (Å²) in [5, 5.41) is 2.89. The Labute approximate surface area is 224 Å². The molecule has 7 nitrogen and oxygen atoms in total. The summed E-state index contributed by atoms with van der Waals surface area (Å²) in [6.07, 6.45) is 1.26. The fourth-order valence-corrected chi connectivity index (χ4v) is 5.07. The van der Waals surface area contributed by atoms with Crippen LogP contribution in [0.15, 0.2) is 78.9 Å². The molecular formula is C29H34FN3O4S. The molecule has 0 unspecified atom stereocenters. The lowest BCUT2D eigenvalue weighted by Gasteiger charge is -2.34. The maximum Gasteiger partial charge on any atom is 0.244 e. The van der Waals surface area contributed by atoms with Gasteiger partial charge in [0.05, 0.1) is 11.9 Å². The van der Waals surface area contributed by atoms with E-state index in [4.69, 9.17) is 0 Å². The SMILES string of the molecule is Cc1ccccc1N(CC(=O)N(Cc1ccc(F)cc1)[C@H](Cc1ccccc1)C(=O)NC(C)C)S(C)(=O)=O. The Morgan fingerprint density at radius 3 is 2.08 bits per heavy atom. The molecule has 0 saturated carbocycles. The van der Waals surface area contributed by atoms with Crippen LogP contribution in [-0.2, 0) is 32.6 Å². The van der Waals surface area contributed by atoms with Gasteiger partial charge in [0, 0.05) is 19.0 Å². The van der Waals surface area contributed by atoms with Crippen molar-refractivity contribution in [2.45, 2.75) is 45.8 Å². The third kappa shape index (κ3) is 7.89. The van der Waals surface area contributed by atoms with E-state index >= 15 is 0 Å². The maximum absolute atomic E-state index is 13.9. The second-order valence-corrected chi connectivity index (χ2v) is 11.5. The Kier molecular flexibility index (Phi) is 9.63. The first-order chi connectivity index (χ1) is 18.0. The number of sulfonamides is 1. The van der Waals surface area contributed by atoms with Gasteiger partial charge in [-0.1, -0.05) is 60.7 Å². The van der Waals surface area contributed by atoms with E-state index in [-0.39, 0.29) is 24.9 Å². The van der Waals surface area contributed by atoms with Crippen LogP contribution < -0.4 is 9.62 Å². The molecule has 1 atom stereocenters. The summed E-state index contributed by atoms with van der Waals surface area (Å²) >= 11 is 0. The lowest BCUT2D eigenvalue weighted by molar-refractivity contribution is -0.140. The van der Waals surface area contributed by atoms with Gasteiger partial charge in [0.1, 0.15) is 18.4 Å². The minimum absolute atomic E-state index is 0.00645. The molecular weight excluding hydrogens is 505 g/mol. The van der Waals surface area contributed by atoms with Crippen LogP contribution in [-0.4, -0.2) is 50.0 Å². The first kappa shape index (κ1) is 28.8. The molecule has 2 amide bonds. The lowest BCUT2D eigenvalue weighted by Crippen LogP contribution is -2.54. The van der Waals surface area contributed by atoms with Gasteiger partial charge in [-0.25, -0.2) is 12.8 Å². The molecule has 1 N–H and O–H groups in total. The lowest BCUT2D eigenvalue weighted by atomic mass is 10.0. The minimum atomic E-state index is -3.84. The third-order valence-corrected chi connectivity index (χ3v) is 7.16. The molecule has 202 valence electrons. The van der Waals surface area contributed by atoms with Gasteiger partial charge in [-0.3, -0.25) is 13.9 Å². The van der Waals surface area contributed by atoms with Crippen LogP contribution in [0.3, 0.4) is 0 Å². The number of hydrogen-bond acceptors (Lipinski definition) is 4. The number of nitrogens with zero attached hydrogens (tertiary/aromatic N) is 2. The molecule has 0 aromatic heterocycles. The van der Waals surface area contributed by atoms with Crippen molar-refractivity contribution in [2.75, 3.05) is 17.1 Å². The number of carbonyl (C=O) groups excluding carboxylic acids is 2. The predicted molar refractivity (Wildman–Crippen MR) is 148 cm³/mol. The van der Waals surface area contributed by atoms with E-state index in [0.29, 0.717) is 16.8 Å². The van der Waals surface area contributed by atoms with Crippen LogP contribution in [0.4, 0.5) is 10.1 Å². The Hall–Kier alpha value is -3.72. The predicted octanol–water partition coefficient (Wildman–Crippen LogP) is 4.06. The smallest absolute Gasteiger partial charge is 0.244 e. The Morgan fingerprint density at radius 1 is 0.895 bits per heavy atom. The van der Waals surface area contributed by atoms with Crippen LogP contribution in [0.2, 0.25) is 0 Å². The van der Waals surface area contributed by atoms with E-state index in [0.717, 1.165) is 16.1 Å². The van der Waals surface area contributed by atoms with Gasteiger partial charge in [0.15, 0.2) is 0 Å². The first-order valence-electron chi connectivity index (χ1n) is 12.4. The summed E-state index contributed by atoms with van der Waals surface area (Å²) in [4.78, 5) is 28.8. The van der Waals surface area contributed by atoms with Gasteiger partial charge in [0.2, 0.25) is 21.8 Å². The summed E-state index contributed by atoms with van der Waals surface area (Å²) < 4.78 is 40.3. The highest BCUT2D eigenvalue weighted by Crippen LogP contribution is 2.23. The summed E-state index contributed by atoms with van der Waals surface area (Å²) in [5.74, 6) is -1.34. The molecule has 0 aliphatic heterocycles. The van der Waals surface area contributed by atoms with Crippen LogP contribution in [0.5, 0.6) is 0 Å². The Balaban J connectivity index is 2.06. The van der Waals surface area contributed by atoms with E-state index in [1.807, 2.05) is 44.2 Å². The zero-order chi connectivity index (χ0) is 27.9. The van der Waals surface area contributed by atoms with Crippen molar-refractivity contribution in [2.24, 2.45) is 0 Å². The van der Waals surface area contributed by atoms with Gasteiger partial charge >= 0.3 is 0 Å². The minimum Gasteiger partial charge on any atom is -0.352 e. The zero-order valence-corrected chi connectivity index (χ0v) is 22.9. The monoisotopic (exact) mass is 539 g/mol. The molecule has 3 aromatic rings. The molecule has 9 heteroatoms. The van der Waals surface area contributed by atoms with Crippen molar-refractivity contribution in [1.82, 2.24) is 10.2 Å². The van der Waals surface area contributed by atoms with E-state index < -0.39 is 34.3 Å². The number of anilines is 1. The average Bonchev–Trinajstić information content (AvgIpc) is 2.85. The quantitative estimate of drug-likeness (QED) is 0.398. The Morgan fingerprint density at radius 2 is 1.50 bits per heavy atom.